The second-order valence-electron chi connectivity index (χ2n) is 5.55. The largest absolute Gasteiger partial charge is 0.452 e. The predicted octanol–water partition coefficient (Wildman–Crippen LogP) is 3.78. The molecule has 1 aromatic rings. The molecule has 2 rings (SSSR count). The fraction of sp³-hybridized carbons (Fsp3) is 0.529. The molecular formula is C17H22BrNO4. The number of carbonyl (C=O) groups excluding carboxylic acids is 2. The van der Waals surface area contributed by atoms with Gasteiger partial charge in [0.05, 0.1) is 0 Å². The highest BCUT2D eigenvalue weighted by molar-refractivity contribution is 9.10. The van der Waals surface area contributed by atoms with Crippen molar-refractivity contribution in [3.8, 4) is 0 Å². The van der Waals surface area contributed by atoms with Crippen LogP contribution < -0.4 is 0 Å². The van der Waals surface area contributed by atoms with Gasteiger partial charge in [-0.3, -0.25) is 4.79 Å². The Morgan fingerprint density at radius 3 is 2.70 bits per heavy atom. The molecule has 1 aromatic heterocycles. The van der Waals surface area contributed by atoms with Gasteiger partial charge < -0.3 is 14.1 Å². The van der Waals surface area contributed by atoms with E-state index in [2.05, 4.69) is 15.9 Å². The topological polar surface area (TPSA) is 59.8 Å². The van der Waals surface area contributed by atoms with Gasteiger partial charge in [-0.1, -0.05) is 19.3 Å². The lowest BCUT2D eigenvalue weighted by atomic mass is 9.94. The van der Waals surface area contributed by atoms with E-state index in [1.54, 1.807) is 12.1 Å². The Labute approximate surface area is 144 Å². The molecule has 1 fully saturated rings. The molecule has 0 N–H and O–H groups in total. The van der Waals surface area contributed by atoms with Crippen molar-refractivity contribution < 1.29 is 18.7 Å². The van der Waals surface area contributed by atoms with Gasteiger partial charge in [0.1, 0.15) is 5.76 Å². The first-order valence-corrected chi connectivity index (χ1v) is 8.79. The average molecular weight is 384 g/mol. The molecule has 1 heterocycles. The van der Waals surface area contributed by atoms with E-state index in [4.69, 9.17) is 9.15 Å². The van der Waals surface area contributed by atoms with Crippen LogP contribution in [0.25, 0.3) is 6.08 Å². The molecule has 6 heteroatoms. The van der Waals surface area contributed by atoms with E-state index < -0.39 is 5.97 Å². The van der Waals surface area contributed by atoms with Crippen LogP contribution in [0.4, 0.5) is 0 Å². The minimum Gasteiger partial charge on any atom is -0.452 e. The molecule has 0 spiro atoms. The molecular weight excluding hydrogens is 362 g/mol. The number of amides is 1. The summed E-state index contributed by atoms with van der Waals surface area (Å²) in [7, 11) is 0. The monoisotopic (exact) mass is 383 g/mol. The number of carbonyl (C=O) groups is 2. The van der Waals surface area contributed by atoms with E-state index in [1.165, 1.54) is 18.6 Å². The Morgan fingerprint density at radius 1 is 1.35 bits per heavy atom. The zero-order chi connectivity index (χ0) is 16.7. The van der Waals surface area contributed by atoms with Gasteiger partial charge in [-0.05, 0) is 53.9 Å². The number of furan rings is 1. The van der Waals surface area contributed by atoms with E-state index >= 15 is 0 Å². The summed E-state index contributed by atoms with van der Waals surface area (Å²) < 4.78 is 10.9. The molecule has 126 valence electrons. The van der Waals surface area contributed by atoms with Gasteiger partial charge in [-0.25, -0.2) is 4.79 Å². The summed E-state index contributed by atoms with van der Waals surface area (Å²) in [6.07, 6.45) is 8.42. The Hall–Kier alpha value is -1.56. The van der Waals surface area contributed by atoms with Gasteiger partial charge in [-0.2, -0.15) is 0 Å². The van der Waals surface area contributed by atoms with Crippen LogP contribution in [0.3, 0.4) is 0 Å². The van der Waals surface area contributed by atoms with Crippen molar-refractivity contribution in [3.63, 3.8) is 0 Å². The van der Waals surface area contributed by atoms with E-state index in [0.29, 0.717) is 17.0 Å². The third-order valence-electron chi connectivity index (χ3n) is 3.99. The van der Waals surface area contributed by atoms with Gasteiger partial charge in [0, 0.05) is 18.7 Å². The molecule has 1 aliphatic carbocycles. The molecule has 1 saturated carbocycles. The van der Waals surface area contributed by atoms with Crippen LogP contribution in [0, 0.1) is 0 Å². The normalized spacial score (nSPS) is 15.7. The number of ether oxygens (including phenoxy) is 1. The van der Waals surface area contributed by atoms with E-state index in [0.717, 1.165) is 25.7 Å². The zero-order valence-corrected chi connectivity index (χ0v) is 14.9. The molecule has 5 nitrogen and oxygen atoms in total. The number of rotatable bonds is 6. The summed E-state index contributed by atoms with van der Waals surface area (Å²) in [6, 6.07) is 3.75. The molecule has 0 aromatic carbocycles. The van der Waals surface area contributed by atoms with E-state index in [-0.39, 0.29) is 18.6 Å². The van der Waals surface area contributed by atoms with Crippen molar-refractivity contribution in [1.82, 2.24) is 4.90 Å². The van der Waals surface area contributed by atoms with Crippen molar-refractivity contribution in [3.05, 3.63) is 28.6 Å². The third-order valence-corrected chi connectivity index (χ3v) is 4.42. The van der Waals surface area contributed by atoms with Crippen LogP contribution in [0.15, 0.2) is 27.3 Å². The number of hydrogen-bond acceptors (Lipinski definition) is 4. The first-order valence-electron chi connectivity index (χ1n) is 7.99. The standard InChI is InChI=1S/C17H22BrNO4/c1-2-19(13-6-4-3-5-7-13)16(20)12-22-17(21)11-9-14-8-10-15(18)23-14/h8-11,13H,2-7,12H2,1H3/b11-9+. The van der Waals surface area contributed by atoms with Crippen LogP contribution in [0.1, 0.15) is 44.8 Å². The van der Waals surface area contributed by atoms with Crippen LogP contribution in [-0.4, -0.2) is 36.0 Å². The SMILES string of the molecule is CCN(C(=O)COC(=O)/C=C/c1ccc(Br)o1)C1CCCCC1. The molecule has 0 unspecified atom stereocenters. The number of nitrogens with zero attached hydrogens (tertiary/aromatic N) is 1. The second-order valence-corrected chi connectivity index (χ2v) is 6.34. The first kappa shape index (κ1) is 17.8. The lowest BCUT2D eigenvalue weighted by Gasteiger charge is -2.33. The van der Waals surface area contributed by atoms with Crippen LogP contribution in [-0.2, 0) is 14.3 Å². The molecule has 0 atom stereocenters. The maximum absolute atomic E-state index is 12.3. The number of halogens is 1. The summed E-state index contributed by atoms with van der Waals surface area (Å²) in [5.74, 6) is -0.134. The Morgan fingerprint density at radius 2 is 2.09 bits per heavy atom. The molecule has 1 aliphatic rings. The van der Waals surface area contributed by atoms with E-state index in [1.807, 2.05) is 11.8 Å². The summed E-state index contributed by atoms with van der Waals surface area (Å²) in [5.41, 5.74) is 0. The number of likely N-dealkylation sites (N-methyl/N-ethyl adjacent to an activating group) is 1. The van der Waals surface area contributed by atoms with Crippen molar-refractivity contribution in [1.29, 1.82) is 0 Å². The lowest BCUT2D eigenvalue weighted by Crippen LogP contribution is -2.43. The van der Waals surface area contributed by atoms with Gasteiger partial charge in [-0.15, -0.1) is 0 Å². The van der Waals surface area contributed by atoms with Crippen molar-refractivity contribution in [2.45, 2.75) is 45.1 Å². The summed E-state index contributed by atoms with van der Waals surface area (Å²) in [4.78, 5) is 25.8. The summed E-state index contributed by atoms with van der Waals surface area (Å²) in [5, 5.41) is 0. The predicted molar refractivity (Wildman–Crippen MR) is 90.7 cm³/mol. The molecule has 0 saturated heterocycles. The fourth-order valence-corrected chi connectivity index (χ4v) is 3.18. The highest BCUT2D eigenvalue weighted by Gasteiger charge is 2.24. The fourth-order valence-electron chi connectivity index (χ4n) is 2.86. The van der Waals surface area contributed by atoms with Crippen LogP contribution in [0.2, 0.25) is 0 Å². The minimum atomic E-state index is -0.550. The molecule has 0 bridgehead atoms. The second kappa shape index (κ2) is 8.91. The summed E-state index contributed by atoms with van der Waals surface area (Å²) >= 11 is 3.18. The Balaban J connectivity index is 1.80. The van der Waals surface area contributed by atoms with Crippen LogP contribution in [0.5, 0.6) is 0 Å². The van der Waals surface area contributed by atoms with Gasteiger partial charge in [0.2, 0.25) is 0 Å². The van der Waals surface area contributed by atoms with Gasteiger partial charge in [0.25, 0.3) is 5.91 Å². The van der Waals surface area contributed by atoms with E-state index in [9.17, 15) is 9.59 Å². The Bertz CT molecular complexity index is 561. The quantitative estimate of drug-likeness (QED) is 0.553. The van der Waals surface area contributed by atoms with Crippen molar-refractivity contribution in [2.75, 3.05) is 13.2 Å². The number of esters is 1. The maximum atomic E-state index is 12.3. The Kier molecular flexibility index (Phi) is 6.89. The molecule has 0 radical (unpaired) electrons. The van der Waals surface area contributed by atoms with Crippen molar-refractivity contribution in [2.24, 2.45) is 0 Å². The van der Waals surface area contributed by atoms with Gasteiger partial charge >= 0.3 is 5.97 Å². The first-order chi connectivity index (χ1) is 11.1. The smallest absolute Gasteiger partial charge is 0.331 e. The molecule has 23 heavy (non-hydrogen) atoms. The average Bonchev–Trinajstić information content (AvgIpc) is 2.98. The third kappa shape index (κ3) is 5.53. The molecule has 1 amide bonds. The van der Waals surface area contributed by atoms with Gasteiger partial charge in [0.15, 0.2) is 11.3 Å². The highest BCUT2D eigenvalue weighted by atomic mass is 79.9. The zero-order valence-electron chi connectivity index (χ0n) is 13.3. The van der Waals surface area contributed by atoms with Crippen molar-refractivity contribution >= 4 is 33.9 Å². The number of hydrogen-bond donors (Lipinski definition) is 0. The summed E-state index contributed by atoms with van der Waals surface area (Å²) in [6.45, 7) is 2.40. The minimum absolute atomic E-state index is 0.123. The van der Waals surface area contributed by atoms with Crippen LogP contribution >= 0.6 is 15.9 Å². The highest BCUT2D eigenvalue weighted by Crippen LogP contribution is 2.22. The maximum Gasteiger partial charge on any atom is 0.331 e. The molecule has 0 aliphatic heterocycles. The lowest BCUT2D eigenvalue weighted by molar-refractivity contribution is -0.149.